The summed E-state index contributed by atoms with van der Waals surface area (Å²) in [4.78, 5) is 0. The van der Waals surface area contributed by atoms with E-state index in [4.69, 9.17) is 10.5 Å². The van der Waals surface area contributed by atoms with Crippen LogP contribution in [0.4, 0.5) is 0 Å². The average Bonchev–Trinajstić information content (AvgIpc) is 2.46. The Kier molecular flexibility index (Phi) is 4.12. The van der Waals surface area contributed by atoms with Gasteiger partial charge in [0.25, 0.3) is 0 Å². The molecule has 3 nitrogen and oxygen atoms in total. The van der Waals surface area contributed by atoms with E-state index in [-0.39, 0.29) is 5.57 Å². The van der Waals surface area contributed by atoms with Crippen LogP contribution in [0.1, 0.15) is 29.9 Å². The van der Waals surface area contributed by atoms with Crippen LogP contribution in [-0.4, -0.2) is 13.1 Å². The highest BCUT2D eigenvalue weighted by molar-refractivity contribution is 5.64. The molecule has 0 amide bonds. The standard InChI is InChI=1S/C15H15N3/c16-10-12(11-17)9-14-3-1-2-4-15(14)13-5-7-18-8-6-13/h1-4,9,13,18H,5-8H2. The zero-order valence-corrected chi connectivity index (χ0v) is 10.2. The number of piperidine rings is 1. The molecular formula is C15H15N3. The molecule has 1 fully saturated rings. The van der Waals surface area contributed by atoms with Crippen molar-refractivity contribution in [3.8, 4) is 12.1 Å². The van der Waals surface area contributed by atoms with E-state index in [2.05, 4.69) is 11.4 Å². The third-order valence-corrected chi connectivity index (χ3v) is 3.32. The first-order chi connectivity index (χ1) is 8.85. The quantitative estimate of drug-likeness (QED) is 0.804. The van der Waals surface area contributed by atoms with E-state index in [1.54, 1.807) is 6.08 Å². The van der Waals surface area contributed by atoms with Gasteiger partial charge >= 0.3 is 0 Å². The Morgan fingerprint density at radius 2 is 1.83 bits per heavy atom. The van der Waals surface area contributed by atoms with Crippen LogP contribution in [-0.2, 0) is 0 Å². The van der Waals surface area contributed by atoms with Crippen molar-refractivity contribution in [3.05, 3.63) is 41.0 Å². The van der Waals surface area contributed by atoms with E-state index in [9.17, 15) is 0 Å². The number of benzene rings is 1. The van der Waals surface area contributed by atoms with Gasteiger partial charge in [0, 0.05) is 0 Å². The number of nitrogens with zero attached hydrogens (tertiary/aromatic N) is 2. The molecule has 0 aliphatic carbocycles. The Morgan fingerprint density at radius 1 is 1.17 bits per heavy atom. The average molecular weight is 237 g/mol. The molecular weight excluding hydrogens is 222 g/mol. The smallest absolute Gasteiger partial charge is 0.130 e. The minimum atomic E-state index is 0.163. The minimum absolute atomic E-state index is 0.163. The zero-order valence-electron chi connectivity index (χ0n) is 10.2. The monoisotopic (exact) mass is 237 g/mol. The molecule has 1 heterocycles. The molecule has 1 aromatic rings. The first-order valence-corrected chi connectivity index (χ1v) is 6.16. The van der Waals surface area contributed by atoms with Crippen molar-refractivity contribution in [2.75, 3.05) is 13.1 Å². The fourth-order valence-corrected chi connectivity index (χ4v) is 2.39. The van der Waals surface area contributed by atoms with Crippen molar-refractivity contribution in [1.82, 2.24) is 5.32 Å². The van der Waals surface area contributed by atoms with Gasteiger partial charge in [-0.1, -0.05) is 24.3 Å². The van der Waals surface area contributed by atoms with Crippen LogP contribution in [0.3, 0.4) is 0 Å². The summed E-state index contributed by atoms with van der Waals surface area (Å²) in [5.41, 5.74) is 2.42. The van der Waals surface area contributed by atoms with Crippen LogP contribution in [0.15, 0.2) is 29.8 Å². The highest BCUT2D eigenvalue weighted by Gasteiger charge is 2.17. The van der Waals surface area contributed by atoms with Gasteiger partial charge in [0.15, 0.2) is 0 Å². The first-order valence-electron chi connectivity index (χ1n) is 6.16. The van der Waals surface area contributed by atoms with Crippen molar-refractivity contribution >= 4 is 6.08 Å². The molecule has 18 heavy (non-hydrogen) atoms. The van der Waals surface area contributed by atoms with Gasteiger partial charge in [-0.05, 0) is 49.1 Å². The molecule has 1 aliphatic heterocycles. The van der Waals surface area contributed by atoms with Gasteiger partial charge < -0.3 is 5.32 Å². The molecule has 90 valence electrons. The molecule has 0 bridgehead atoms. The first kappa shape index (κ1) is 12.4. The third-order valence-electron chi connectivity index (χ3n) is 3.32. The predicted octanol–water partition coefficient (Wildman–Crippen LogP) is 2.58. The number of hydrogen-bond donors (Lipinski definition) is 1. The molecule has 0 radical (unpaired) electrons. The lowest BCUT2D eigenvalue weighted by Crippen LogP contribution is -2.26. The Morgan fingerprint density at radius 3 is 2.50 bits per heavy atom. The summed E-state index contributed by atoms with van der Waals surface area (Å²) in [7, 11) is 0. The maximum atomic E-state index is 8.84. The molecule has 3 heteroatoms. The largest absolute Gasteiger partial charge is 0.317 e. The predicted molar refractivity (Wildman–Crippen MR) is 70.5 cm³/mol. The van der Waals surface area contributed by atoms with E-state index in [0.29, 0.717) is 5.92 Å². The van der Waals surface area contributed by atoms with Gasteiger partial charge in [-0.15, -0.1) is 0 Å². The lowest BCUT2D eigenvalue weighted by atomic mass is 9.87. The summed E-state index contributed by atoms with van der Waals surface area (Å²) in [5.74, 6) is 0.525. The molecule has 2 rings (SSSR count). The summed E-state index contributed by atoms with van der Waals surface area (Å²) in [5, 5.41) is 21.0. The van der Waals surface area contributed by atoms with Crippen molar-refractivity contribution in [1.29, 1.82) is 10.5 Å². The molecule has 0 unspecified atom stereocenters. The van der Waals surface area contributed by atoms with Crippen LogP contribution < -0.4 is 5.32 Å². The molecule has 1 aliphatic rings. The van der Waals surface area contributed by atoms with Crippen molar-refractivity contribution in [2.24, 2.45) is 0 Å². The second-order valence-corrected chi connectivity index (χ2v) is 4.43. The Hall–Kier alpha value is -2.10. The third kappa shape index (κ3) is 2.77. The summed E-state index contributed by atoms with van der Waals surface area (Å²) in [6, 6.07) is 11.9. The van der Waals surface area contributed by atoms with Crippen LogP contribution in [0.2, 0.25) is 0 Å². The molecule has 0 spiro atoms. The normalized spacial score (nSPS) is 15.4. The number of nitrogens with one attached hydrogen (secondary N) is 1. The van der Waals surface area contributed by atoms with E-state index >= 15 is 0 Å². The second-order valence-electron chi connectivity index (χ2n) is 4.43. The maximum absolute atomic E-state index is 8.84. The molecule has 1 saturated heterocycles. The molecule has 1 N–H and O–H groups in total. The lowest BCUT2D eigenvalue weighted by Gasteiger charge is -2.24. The minimum Gasteiger partial charge on any atom is -0.317 e. The van der Waals surface area contributed by atoms with Gasteiger partial charge in [0.05, 0.1) is 0 Å². The van der Waals surface area contributed by atoms with Crippen molar-refractivity contribution < 1.29 is 0 Å². The highest BCUT2D eigenvalue weighted by atomic mass is 14.9. The number of hydrogen-bond acceptors (Lipinski definition) is 3. The van der Waals surface area contributed by atoms with Crippen LogP contribution in [0.5, 0.6) is 0 Å². The summed E-state index contributed by atoms with van der Waals surface area (Å²) in [6.07, 6.45) is 3.91. The Labute approximate surface area is 107 Å². The number of rotatable bonds is 2. The van der Waals surface area contributed by atoms with Gasteiger partial charge in [-0.3, -0.25) is 0 Å². The van der Waals surface area contributed by atoms with Gasteiger partial charge in [0.1, 0.15) is 17.7 Å². The van der Waals surface area contributed by atoms with E-state index in [0.717, 1.165) is 31.5 Å². The SMILES string of the molecule is N#CC(C#N)=Cc1ccccc1C1CCNCC1. The van der Waals surface area contributed by atoms with Crippen molar-refractivity contribution in [2.45, 2.75) is 18.8 Å². The summed E-state index contributed by atoms with van der Waals surface area (Å²) in [6.45, 7) is 2.07. The maximum Gasteiger partial charge on any atom is 0.130 e. The number of allylic oxidation sites excluding steroid dienone is 1. The fraction of sp³-hybridized carbons (Fsp3) is 0.333. The van der Waals surface area contributed by atoms with Crippen LogP contribution in [0, 0.1) is 22.7 Å². The van der Waals surface area contributed by atoms with E-state index in [1.807, 2.05) is 30.3 Å². The fourth-order valence-electron chi connectivity index (χ4n) is 2.39. The molecule has 1 aromatic carbocycles. The molecule has 0 aromatic heterocycles. The zero-order chi connectivity index (χ0) is 12.8. The van der Waals surface area contributed by atoms with Gasteiger partial charge in [-0.25, -0.2) is 0 Å². The Bertz CT molecular complexity index is 509. The van der Waals surface area contributed by atoms with Crippen LogP contribution >= 0.6 is 0 Å². The molecule has 0 saturated carbocycles. The van der Waals surface area contributed by atoms with E-state index in [1.165, 1.54) is 5.56 Å². The topological polar surface area (TPSA) is 59.6 Å². The second kappa shape index (κ2) is 6.00. The van der Waals surface area contributed by atoms with Gasteiger partial charge in [0.2, 0.25) is 0 Å². The number of nitriles is 2. The van der Waals surface area contributed by atoms with E-state index < -0.39 is 0 Å². The van der Waals surface area contributed by atoms with Crippen molar-refractivity contribution in [3.63, 3.8) is 0 Å². The highest BCUT2D eigenvalue weighted by Crippen LogP contribution is 2.29. The lowest BCUT2D eigenvalue weighted by molar-refractivity contribution is 0.460. The Balaban J connectivity index is 2.34. The summed E-state index contributed by atoms with van der Waals surface area (Å²) < 4.78 is 0. The van der Waals surface area contributed by atoms with Gasteiger partial charge in [-0.2, -0.15) is 10.5 Å². The molecule has 0 atom stereocenters. The summed E-state index contributed by atoms with van der Waals surface area (Å²) >= 11 is 0. The van der Waals surface area contributed by atoms with Crippen LogP contribution in [0.25, 0.3) is 6.08 Å².